The highest BCUT2D eigenvalue weighted by molar-refractivity contribution is 5.89. The maximum Gasteiger partial charge on any atom is -0.0105 e. The van der Waals surface area contributed by atoms with Gasteiger partial charge < -0.3 is 0 Å². The first-order valence-corrected chi connectivity index (χ1v) is 10.6. The molecule has 0 nitrogen and oxygen atoms in total. The monoisotopic (exact) mass is 404 g/mol. The second-order valence-corrected chi connectivity index (χ2v) is 6.96. The fourth-order valence-electron chi connectivity index (χ4n) is 3.62. The molecule has 0 bridgehead atoms. The van der Waals surface area contributed by atoms with Crippen LogP contribution in [0.15, 0.2) is 145 Å². The van der Waals surface area contributed by atoms with E-state index in [1.807, 2.05) is 55.5 Å². The van der Waals surface area contributed by atoms with Gasteiger partial charge in [-0.3, -0.25) is 0 Å². The highest BCUT2D eigenvalue weighted by Crippen LogP contribution is 2.36. The zero-order valence-corrected chi connectivity index (χ0v) is 18.9. The van der Waals surface area contributed by atoms with E-state index in [0.29, 0.717) is 0 Å². The molecule has 0 heterocycles. The zero-order valence-electron chi connectivity index (χ0n) is 18.9. The van der Waals surface area contributed by atoms with Gasteiger partial charge in [0.15, 0.2) is 0 Å². The van der Waals surface area contributed by atoms with Crippen LogP contribution in [-0.4, -0.2) is 0 Å². The van der Waals surface area contributed by atoms with Crippen molar-refractivity contribution in [3.8, 4) is 0 Å². The Morgan fingerprint density at radius 2 is 1.19 bits per heavy atom. The maximum atomic E-state index is 4.42. The van der Waals surface area contributed by atoms with Crippen molar-refractivity contribution >= 4 is 11.1 Å². The van der Waals surface area contributed by atoms with Gasteiger partial charge in [0.2, 0.25) is 0 Å². The standard InChI is InChI=1S/C31H32/c1-7-12-23-31(24(6)25-19-15-13-16-20-25)30(11-5)29(10-4)28(9-3)27(8-2)26-21-17-14-18-22-26/h7-23H,4-6H2,1-3H3/b12-7-,27-8-,28-9+,30-29-,31-23+. The van der Waals surface area contributed by atoms with Crippen LogP contribution < -0.4 is 0 Å². The van der Waals surface area contributed by atoms with Gasteiger partial charge in [-0.25, -0.2) is 0 Å². The van der Waals surface area contributed by atoms with E-state index >= 15 is 0 Å². The van der Waals surface area contributed by atoms with E-state index in [0.717, 1.165) is 39.0 Å². The molecule has 0 saturated carbocycles. The number of rotatable bonds is 9. The molecule has 0 aliphatic rings. The molecule has 0 fully saturated rings. The van der Waals surface area contributed by atoms with Crippen LogP contribution in [-0.2, 0) is 0 Å². The number of benzene rings is 2. The van der Waals surface area contributed by atoms with Crippen molar-refractivity contribution < 1.29 is 0 Å². The SMILES string of the molecule is C=CC(=C(C=C)/C(=C/C)C(=C\C)/c1ccccc1)/C(=C/C=C\C)C(=C)c1ccccc1. The fraction of sp³-hybridized carbons (Fsp3) is 0.0968. The van der Waals surface area contributed by atoms with E-state index in [-0.39, 0.29) is 0 Å². The molecule has 0 radical (unpaired) electrons. The molecule has 0 aliphatic carbocycles. The van der Waals surface area contributed by atoms with Gasteiger partial charge in [-0.2, -0.15) is 0 Å². The van der Waals surface area contributed by atoms with Crippen molar-refractivity contribution in [1.82, 2.24) is 0 Å². The van der Waals surface area contributed by atoms with E-state index in [4.69, 9.17) is 0 Å². The molecular formula is C31H32. The van der Waals surface area contributed by atoms with Crippen molar-refractivity contribution in [3.63, 3.8) is 0 Å². The third-order valence-corrected chi connectivity index (χ3v) is 5.13. The van der Waals surface area contributed by atoms with Gasteiger partial charge in [0.05, 0.1) is 0 Å². The van der Waals surface area contributed by atoms with Crippen LogP contribution in [0.1, 0.15) is 31.9 Å². The molecule has 2 rings (SSSR count). The molecule has 0 amide bonds. The lowest BCUT2D eigenvalue weighted by atomic mass is 9.84. The van der Waals surface area contributed by atoms with Crippen LogP contribution in [0.4, 0.5) is 0 Å². The summed E-state index contributed by atoms with van der Waals surface area (Å²) in [6.45, 7) is 18.9. The van der Waals surface area contributed by atoms with Gasteiger partial charge in [0.25, 0.3) is 0 Å². The van der Waals surface area contributed by atoms with E-state index in [1.165, 1.54) is 5.56 Å². The van der Waals surface area contributed by atoms with Gasteiger partial charge >= 0.3 is 0 Å². The van der Waals surface area contributed by atoms with Gasteiger partial charge in [0.1, 0.15) is 0 Å². The summed E-state index contributed by atoms with van der Waals surface area (Å²) in [6.07, 6.45) is 14.3. The first kappa shape index (κ1) is 23.6. The summed E-state index contributed by atoms with van der Waals surface area (Å²) in [4.78, 5) is 0. The Hall–Kier alpha value is -3.64. The highest BCUT2D eigenvalue weighted by atomic mass is 14.2. The van der Waals surface area contributed by atoms with Crippen molar-refractivity contribution in [2.45, 2.75) is 20.8 Å². The van der Waals surface area contributed by atoms with Crippen LogP contribution in [0.25, 0.3) is 11.1 Å². The Morgan fingerprint density at radius 1 is 0.677 bits per heavy atom. The lowest BCUT2D eigenvalue weighted by Crippen LogP contribution is -2.00. The van der Waals surface area contributed by atoms with Crippen molar-refractivity contribution in [3.05, 3.63) is 156 Å². The molecule has 0 unspecified atom stereocenters. The average molecular weight is 405 g/mol. The molecule has 156 valence electrons. The summed E-state index contributed by atoms with van der Waals surface area (Å²) in [6, 6.07) is 20.7. The number of allylic oxidation sites excluding steroid dienone is 13. The quantitative estimate of drug-likeness (QED) is 0.366. The summed E-state index contributed by atoms with van der Waals surface area (Å²) in [7, 11) is 0. The van der Waals surface area contributed by atoms with E-state index in [1.54, 1.807) is 0 Å². The summed E-state index contributed by atoms with van der Waals surface area (Å²) < 4.78 is 0. The van der Waals surface area contributed by atoms with Gasteiger partial charge in [-0.1, -0.05) is 123 Å². The molecule has 0 N–H and O–H groups in total. The van der Waals surface area contributed by atoms with Crippen LogP contribution in [0.5, 0.6) is 0 Å². The molecule has 31 heavy (non-hydrogen) atoms. The summed E-state index contributed by atoms with van der Waals surface area (Å²) in [5.41, 5.74) is 8.54. The Labute approximate surface area is 188 Å². The molecule has 0 aromatic heterocycles. The lowest BCUT2D eigenvalue weighted by Gasteiger charge is -2.20. The molecule has 0 atom stereocenters. The second kappa shape index (κ2) is 12.1. The minimum atomic E-state index is 0.949. The maximum absolute atomic E-state index is 4.42. The number of hydrogen-bond acceptors (Lipinski definition) is 0. The van der Waals surface area contributed by atoms with E-state index < -0.39 is 0 Å². The summed E-state index contributed by atoms with van der Waals surface area (Å²) in [5.74, 6) is 0. The smallest absolute Gasteiger partial charge is 0.0105 e. The Morgan fingerprint density at radius 3 is 1.65 bits per heavy atom. The first-order valence-electron chi connectivity index (χ1n) is 10.6. The zero-order chi connectivity index (χ0) is 22.6. The van der Waals surface area contributed by atoms with Gasteiger partial charge in [-0.15, -0.1) is 0 Å². The molecule has 2 aromatic rings. The Kier molecular flexibility index (Phi) is 9.26. The molecule has 0 spiro atoms. The second-order valence-electron chi connectivity index (χ2n) is 6.96. The normalized spacial score (nSPS) is 13.7. The Balaban J connectivity index is 2.74. The highest BCUT2D eigenvalue weighted by Gasteiger charge is 2.17. The minimum absolute atomic E-state index is 0.949. The van der Waals surface area contributed by atoms with E-state index in [9.17, 15) is 0 Å². The molecule has 0 saturated heterocycles. The van der Waals surface area contributed by atoms with Crippen molar-refractivity contribution in [2.75, 3.05) is 0 Å². The summed E-state index contributed by atoms with van der Waals surface area (Å²) in [5, 5.41) is 0. The van der Waals surface area contributed by atoms with Crippen LogP contribution in [0, 0.1) is 0 Å². The first-order chi connectivity index (χ1) is 15.1. The topological polar surface area (TPSA) is 0 Å². The molecule has 0 heteroatoms. The van der Waals surface area contributed by atoms with Crippen LogP contribution >= 0.6 is 0 Å². The molecule has 2 aromatic carbocycles. The fourth-order valence-corrected chi connectivity index (χ4v) is 3.62. The van der Waals surface area contributed by atoms with Crippen molar-refractivity contribution in [1.29, 1.82) is 0 Å². The largest absolute Gasteiger partial charge is 0.0984 e. The van der Waals surface area contributed by atoms with Gasteiger partial charge in [-0.05, 0) is 65.3 Å². The minimum Gasteiger partial charge on any atom is -0.0984 e. The predicted molar refractivity (Wildman–Crippen MR) is 140 cm³/mol. The third kappa shape index (κ3) is 5.71. The Bertz CT molecular complexity index is 1070. The lowest BCUT2D eigenvalue weighted by molar-refractivity contribution is 1.40. The number of hydrogen-bond donors (Lipinski definition) is 0. The van der Waals surface area contributed by atoms with Crippen molar-refractivity contribution in [2.24, 2.45) is 0 Å². The molecule has 0 aliphatic heterocycles. The average Bonchev–Trinajstić information content (AvgIpc) is 2.83. The summed E-state index contributed by atoms with van der Waals surface area (Å²) >= 11 is 0. The van der Waals surface area contributed by atoms with Crippen LogP contribution in [0.3, 0.4) is 0 Å². The van der Waals surface area contributed by atoms with E-state index in [2.05, 4.69) is 88.2 Å². The predicted octanol–water partition coefficient (Wildman–Crippen LogP) is 8.92. The van der Waals surface area contributed by atoms with Gasteiger partial charge in [0, 0.05) is 0 Å². The third-order valence-electron chi connectivity index (χ3n) is 5.13. The molecular weight excluding hydrogens is 372 g/mol. The van der Waals surface area contributed by atoms with Crippen LogP contribution in [0.2, 0.25) is 0 Å².